The number of aryl methyl sites for hydroxylation is 2. The number of para-hydroxylation sites is 1. The van der Waals surface area contributed by atoms with Crippen molar-refractivity contribution in [1.82, 2.24) is 9.80 Å². The van der Waals surface area contributed by atoms with Gasteiger partial charge in [-0.15, -0.1) is 0 Å². The van der Waals surface area contributed by atoms with Crippen LogP contribution in [-0.4, -0.2) is 67.6 Å². The van der Waals surface area contributed by atoms with Crippen LogP contribution in [0.4, 0.5) is 5.69 Å². The normalized spacial score (nSPS) is 20.6. The Balaban J connectivity index is 1.25. The number of likely N-dealkylation sites (tertiary alicyclic amines) is 1. The SMILES string of the molecule is Cc1ccc(N2CCN(C3CCC(=O)N(CCOc4ccccc4)CC3)CC2)c(C)c1. The van der Waals surface area contributed by atoms with Gasteiger partial charge in [-0.3, -0.25) is 9.69 Å². The lowest BCUT2D eigenvalue weighted by molar-refractivity contribution is -0.131. The second kappa shape index (κ2) is 10.2. The Kier molecular flexibility index (Phi) is 7.13. The monoisotopic (exact) mass is 421 g/mol. The Hall–Kier alpha value is -2.53. The predicted octanol–water partition coefficient (Wildman–Crippen LogP) is 3.89. The second-order valence-electron chi connectivity index (χ2n) is 8.84. The van der Waals surface area contributed by atoms with Crippen molar-refractivity contribution in [3.05, 3.63) is 59.7 Å². The summed E-state index contributed by atoms with van der Waals surface area (Å²) < 4.78 is 5.80. The number of rotatable bonds is 6. The molecule has 0 saturated carbocycles. The van der Waals surface area contributed by atoms with Crippen LogP contribution in [0, 0.1) is 13.8 Å². The van der Waals surface area contributed by atoms with Gasteiger partial charge in [-0.1, -0.05) is 35.9 Å². The molecule has 0 spiro atoms. The number of anilines is 1. The highest BCUT2D eigenvalue weighted by atomic mass is 16.5. The fourth-order valence-corrected chi connectivity index (χ4v) is 4.90. The van der Waals surface area contributed by atoms with Crippen molar-refractivity contribution in [2.75, 3.05) is 50.8 Å². The quantitative estimate of drug-likeness (QED) is 0.709. The fourth-order valence-electron chi connectivity index (χ4n) is 4.90. The molecular formula is C26H35N3O2. The molecule has 5 heteroatoms. The van der Waals surface area contributed by atoms with Crippen molar-refractivity contribution in [3.8, 4) is 5.75 Å². The van der Waals surface area contributed by atoms with E-state index in [2.05, 4.69) is 41.8 Å². The third kappa shape index (κ3) is 5.59. The molecule has 2 aromatic rings. The number of hydrogen-bond acceptors (Lipinski definition) is 4. The van der Waals surface area contributed by atoms with Gasteiger partial charge in [0.15, 0.2) is 0 Å². The van der Waals surface area contributed by atoms with Crippen LogP contribution in [0.2, 0.25) is 0 Å². The smallest absolute Gasteiger partial charge is 0.222 e. The van der Waals surface area contributed by atoms with Gasteiger partial charge < -0.3 is 14.5 Å². The second-order valence-corrected chi connectivity index (χ2v) is 8.84. The van der Waals surface area contributed by atoms with Crippen LogP contribution in [0.25, 0.3) is 0 Å². The van der Waals surface area contributed by atoms with E-state index in [0.717, 1.165) is 51.3 Å². The van der Waals surface area contributed by atoms with Gasteiger partial charge in [0.1, 0.15) is 12.4 Å². The zero-order valence-corrected chi connectivity index (χ0v) is 18.9. The molecule has 5 nitrogen and oxygen atoms in total. The van der Waals surface area contributed by atoms with Crippen LogP contribution in [0.3, 0.4) is 0 Å². The molecule has 0 aliphatic carbocycles. The molecule has 31 heavy (non-hydrogen) atoms. The summed E-state index contributed by atoms with van der Waals surface area (Å²) in [6.07, 6.45) is 2.67. The van der Waals surface area contributed by atoms with Gasteiger partial charge in [0.05, 0.1) is 6.54 Å². The maximum Gasteiger partial charge on any atom is 0.222 e. The molecule has 0 radical (unpaired) electrons. The fraction of sp³-hybridized carbons (Fsp3) is 0.500. The third-order valence-corrected chi connectivity index (χ3v) is 6.67. The molecular weight excluding hydrogens is 386 g/mol. The zero-order chi connectivity index (χ0) is 21.6. The standard InChI is InChI=1S/C26H35N3O2/c1-21-8-10-25(22(2)20-21)28-16-14-27(15-17-28)23-9-11-26(30)29(13-12-23)18-19-31-24-6-4-3-5-7-24/h3-8,10,20,23H,9,11-19H2,1-2H3. The van der Waals surface area contributed by atoms with Crippen molar-refractivity contribution in [2.45, 2.75) is 39.2 Å². The van der Waals surface area contributed by atoms with E-state index in [1.165, 1.54) is 16.8 Å². The maximum atomic E-state index is 12.6. The number of carbonyl (C=O) groups is 1. The summed E-state index contributed by atoms with van der Waals surface area (Å²) in [6, 6.07) is 17.1. The number of ether oxygens (including phenoxy) is 1. The highest BCUT2D eigenvalue weighted by Crippen LogP contribution is 2.25. The van der Waals surface area contributed by atoms with Crippen molar-refractivity contribution < 1.29 is 9.53 Å². The lowest BCUT2D eigenvalue weighted by Gasteiger charge is -2.40. The number of amides is 1. The van der Waals surface area contributed by atoms with E-state index in [1.54, 1.807) is 0 Å². The molecule has 1 atom stereocenters. The van der Waals surface area contributed by atoms with E-state index >= 15 is 0 Å². The molecule has 2 aliphatic rings. The van der Waals surface area contributed by atoms with Crippen LogP contribution in [-0.2, 0) is 4.79 Å². The average Bonchev–Trinajstić information content (AvgIpc) is 2.96. The summed E-state index contributed by atoms with van der Waals surface area (Å²) in [4.78, 5) is 19.7. The Labute approximate surface area is 186 Å². The van der Waals surface area contributed by atoms with Gasteiger partial charge in [-0.2, -0.15) is 0 Å². The Morgan fingerprint density at radius 2 is 1.71 bits per heavy atom. The summed E-state index contributed by atoms with van der Waals surface area (Å²) in [7, 11) is 0. The number of nitrogens with zero attached hydrogens (tertiary/aromatic N) is 3. The largest absolute Gasteiger partial charge is 0.492 e. The number of hydrogen-bond donors (Lipinski definition) is 0. The lowest BCUT2D eigenvalue weighted by atomic mass is 10.1. The molecule has 0 bridgehead atoms. The molecule has 0 aromatic heterocycles. The van der Waals surface area contributed by atoms with Gasteiger partial charge in [0.2, 0.25) is 5.91 Å². The van der Waals surface area contributed by atoms with Crippen LogP contribution in [0.1, 0.15) is 30.4 Å². The third-order valence-electron chi connectivity index (χ3n) is 6.67. The predicted molar refractivity (Wildman–Crippen MR) is 126 cm³/mol. The first-order valence-electron chi connectivity index (χ1n) is 11.6. The van der Waals surface area contributed by atoms with Crippen LogP contribution in [0.15, 0.2) is 48.5 Å². The first-order chi connectivity index (χ1) is 15.1. The average molecular weight is 422 g/mol. The van der Waals surface area contributed by atoms with Crippen LogP contribution >= 0.6 is 0 Å². The minimum absolute atomic E-state index is 0.271. The summed E-state index contributed by atoms with van der Waals surface area (Å²) in [5.74, 6) is 1.14. The molecule has 2 heterocycles. The first kappa shape index (κ1) is 21.7. The lowest BCUT2D eigenvalue weighted by Crippen LogP contribution is -2.50. The minimum Gasteiger partial charge on any atom is -0.492 e. The van der Waals surface area contributed by atoms with Crippen molar-refractivity contribution in [1.29, 1.82) is 0 Å². The molecule has 2 aromatic carbocycles. The van der Waals surface area contributed by atoms with E-state index in [4.69, 9.17) is 4.74 Å². The van der Waals surface area contributed by atoms with E-state index in [9.17, 15) is 4.79 Å². The van der Waals surface area contributed by atoms with Gasteiger partial charge in [0.25, 0.3) is 0 Å². The topological polar surface area (TPSA) is 36.0 Å². The van der Waals surface area contributed by atoms with Crippen molar-refractivity contribution in [2.24, 2.45) is 0 Å². The molecule has 1 unspecified atom stereocenters. The molecule has 4 rings (SSSR count). The highest BCUT2D eigenvalue weighted by Gasteiger charge is 2.29. The molecule has 2 saturated heterocycles. The molecule has 2 fully saturated rings. The Morgan fingerprint density at radius 1 is 0.935 bits per heavy atom. The first-order valence-corrected chi connectivity index (χ1v) is 11.6. The maximum absolute atomic E-state index is 12.6. The van der Waals surface area contributed by atoms with Gasteiger partial charge >= 0.3 is 0 Å². The highest BCUT2D eigenvalue weighted by molar-refractivity contribution is 5.76. The van der Waals surface area contributed by atoms with E-state index in [1.807, 2.05) is 35.2 Å². The summed E-state index contributed by atoms with van der Waals surface area (Å²) in [5, 5.41) is 0. The molecule has 1 amide bonds. The van der Waals surface area contributed by atoms with Crippen LogP contribution in [0.5, 0.6) is 5.75 Å². The van der Waals surface area contributed by atoms with Crippen LogP contribution < -0.4 is 9.64 Å². The molecule has 166 valence electrons. The Morgan fingerprint density at radius 3 is 2.45 bits per heavy atom. The summed E-state index contributed by atoms with van der Waals surface area (Å²) in [6.45, 7) is 10.7. The van der Waals surface area contributed by atoms with Crippen molar-refractivity contribution in [3.63, 3.8) is 0 Å². The number of carbonyl (C=O) groups excluding carboxylic acids is 1. The van der Waals surface area contributed by atoms with Gasteiger partial charge in [0, 0.05) is 50.9 Å². The molecule has 0 N–H and O–H groups in total. The van der Waals surface area contributed by atoms with Gasteiger partial charge in [-0.05, 0) is 50.5 Å². The van der Waals surface area contributed by atoms with E-state index < -0.39 is 0 Å². The Bertz CT molecular complexity index is 862. The van der Waals surface area contributed by atoms with Gasteiger partial charge in [-0.25, -0.2) is 0 Å². The minimum atomic E-state index is 0.271. The number of piperazine rings is 1. The van der Waals surface area contributed by atoms with Crippen molar-refractivity contribution >= 4 is 11.6 Å². The number of benzene rings is 2. The zero-order valence-electron chi connectivity index (χ0n) is 18.9. The van der Waals surface area contributed by atoms with E-state index in [0.29, 0.717) is 25.6 Å². The summed E-state index contributed by atoms with van der Waals surface area (Å²) in [5.41, 5.74) is 4.05. The van der Waals surface area contributed by atoms with E-state index in [-0.39, 0.29) is 5.91 Å². The molecule has 2 aliphatic heterocycles. The summed E-state index contributed by atoms with van der Waals surface area (Å²) >= 11 is 0.